The van der Waals surface area contributed by atoms with E-state index in [4.69, 9.17) is 9.47 Å². The van der Waals surface area contributed by atoms with Crippen LogP contribution in [0.1, 0.15) is 23.6 Å². The van der Waals surface area contributed by atoms with E-state index in [1.54, 1.807) is 21.1 Å². The zero-order valence-corrected chi connectivity index (χ0v) is 12.3. The van der Waals surface area contributed by atoms with Gasteiger partial charge in [0.05, 0.1) is 19.8 Å². The molecule has 0 aliphatic rings. The SMILES string of the molecule is COc1cccc(OC)c1C(C)(O)c1cccc(C)c1. The molecule has 0 spiro atoms. The highest BCUT2D eigenvalue weighted by Crippen LogP contribution is 2.41. The minimum atomic E-state index is -1.19. The molecule has 2 aromatic carbocycles. The molecule has 1 N–H and O–H groups in total. The highest BCUT2D eigenvalue weighted by molar-refractivity contribution is 5.52. The number of rotatable bonds is 4. The molecule has 0 amide bonds. The van der Waals surface area contributed by atoms with Gasteiger partial charge in [0, 0.05) is 0 Å². The molecule has 20 heavy (non-hydrogen) atoms. The van der Waals surface area contributed by atoms with E-state index in [2.05, 4.69) is 0 Å². The maximum Gasteiger partial charge on any atom is 0.129 e. The van der Waals surface area contributed by atoms with Gasteiger partial charge in [0.25, 0.3) is 0 Å². The van der Waals surface area contributed by atoms with E-state index < -0.39 is 5.60 Å². The zero-order valence-electron chi connectivity index (χ0n) is 12.3. The molecule has 3 nitrogen and oxygen atoms in total. The molecule has 0 radical (unpaired) electrons. The first-order valence-electron chi connectivity index (χ1n) is 6.51. The molecular weight excluding hydrogens is 252 g/mol. The van der Waals surface area contributed by atoms with Crippen molar-refractivity contribution in [2.45, 2.75) is 19.4 Å². The van der Waals surface area contributed by atoms with E-state index in [1.807, 2.05) is 49.4 Å². The number of ether oxygens (including phenoxy) is 2. The van der Waals surface area contributed by atoms with Crippen molar-refractivity contribution in [1.82, 2.24) is 0 Å². The third-order valence-electron chi connectivity index (χ3n) is 3.49. The third-order valence-corrected chi connectivity index (χ3v) is 3.49. The standard InChI is InChI=1S/C17H20O3/c1-12-7-5-8-13(11-12)17(2,18)16-14(19-3)9-6-10-15(16)20-4/h5-11,18H,1-4H3. The van der Waals surface area contributed by atoms with Gasteiger partial charge in [0.1, 0.15) is 17.1 Å². The highest BCUT2D eigenvalue weighted by Gasteiger charge is 2.32. The Morgan fingerprint density at radius 3 is 2.00 bits per heavy atom. The van der Waals surface area contributed by atoms with Gasteiger partial charge in [-0.3, -0.25) is 0 Å². The van der Waals surface area contributed by atoms with Crippen molar-refractivity contribution in [2.24, 2.45) is 0 Å². The summed E-state index contributed by atoms with van der Waals surface area (Å²) in [5.74, 6) is 1.21. The number of aryl methyl sites for hydroxylation is 1. The van der Waals surface area contributed by atoms with Crippen molar-refractivity contribution < 1.29 is 14.6 Å². The lowest BCUT2D eigenvalue weighted by atomic mass is 9.86. The number of benzene rings is 2. The Hall–Kier alpha value is -2.00. The largest absolute Gasteiger partial charge is 0.496 e. The Balaban J connectivity index is 2.64. The average molecular weight is 272 g/mol. The van der Waals surface area contributed by atoms with E-state index in [-0.39, 0.29) is 0 Å². The number of hydrogen-bond donors (Lipinski definition) is 1. The summed E-state index contributed by atoms with van der Waals surface area (Å²) < 4.78 is 10.8. The Labute approximate surface area is 119 Å². The van der Waals surface area contributed by atoms with Gasteiger partial charge in [-0.1, -0.05) is 35.9 Å². The predicted octanol–water partition coefficient (Wildman–Crippen LogP) is 3.27. The van der Waals surface area contributed by atoms with Crippen LogP contribution in [0.5, 0.6) is 11.5 Å². The van der Waals surface area contributed by atoms with Gasteiger partial charge < -0.3 is 14.6 Å². The van der Waals surface area contributed by atoms with Crippen LogP contribution in [0, 0.1) is 6.92 Å². The molecule has 0 aliphatic carbocycles. The van der Waals surface area contributed by atoms with Crippen LogP contribution in [0.25, 0.3) is 0 Å². The van der Waals surface area contributed by atoms with Gasteiger partial charge in [-0.2, -0.15) is 0 Å². The summed E-state index contributed by atoms with van der Waals surface area (Å²) in [6.45, 7) is 3.75. The molecule has 1 atom stereocenters. The molecule has 106 valence electrons. The molecular formula is C17H20O3. The van der Waals surface area contributed by atoms with Crippen LogP contribution in [0.15, 0.2) is 42.5 Å². The molecule has 0 saturated carbocycles. The van der Waals surface area contributed by atoms with Gasteiger partial charge in [-0.05, 0) is 31.5 Å². The smallest absolute Gasteiger partial charge is 0.129 e. The van der Waals surface area contributed by atoms with Crippen molar-refractivity contribution in [3.8, 4) is 11.5 Å². The van der Waals surface area contributed by atoms with Crippen molar-refractivity contribution in [1.29, 1.82) is 0 Å². The molecule has 0 bridgehead atoms. The molecule has 0 aromatic heterocycles. The summed E-state index contributed by atoms with van der Waals surface area (Å²) in [7, 11) is 3.18. The van der Waals surface area contributed by atoms with Gasteiger partial charge in [-0.25, -0.2) is 0 Å². The molecule has 1 unspecified atom stereocenters. The number of methoxy groups -OCH3 is 2. The first kappa shape index (κ1) is 14.4. The zero-order chi connectivity index (χ0) is 14.8. The lowest BCUT2D eigenvalue weighted by Gasteiger charge is -2.28. The maximum atomic E-state index is 11.0. The molecule has 2 rings (SSSR count). The monoisotopic (exact) mass is 272 g/mol. The Morgan fingerprint density at radius 2 is 1.50 bits per heavy atom. The van der Waals surface area contributed by atoms with E-state index in [9.17, 15) is 5.11 Å². The quantitative estimate of drug-likeness (QED) is 0.928. The minimum Gasteiger partial charge on any atom is -0.496 e. The van der Waals surface area contributed by atoms with Crippen LogP contribution in [0.4, 0.5) is 0 Å². The number of hydrogen-bond acceptors (Lipinski definition) is 3. The minimum absolute atomic E-state index is 0.607. The molecule has 0 fully saturated rings. The van der Waals surface area contributed by atoms with Crippen molar-refractivity contribution in [2.75, 3.05) is 14.2 Å². The normalized spacial score (nSPS) is 13.7. The number of aliphatic hydroxyl groups is 1. The molecule has 0 aliphatic heterocycles. The fraction of sp³-hybridized carbons (Fsp3) is 0.294. The summed E-state index contributed by atoms with van der Waals surface area (Å²) in [5.41, 5.74) is 1.34. The van der Waals surface area contributed by atoms with Gasteiger partial charge in [0.15, 0.2) is 0 Å². The van der Waals surface area contributed by atoms with Crippen LogP contribution in [0.3, 0.4) is 0 Å². The van der Waals surface area contributed by atoms with E-state index in [0.717, 1.165) is 11.1 Å². The lowest BCUT2D eigenvalue weighted by molar-refractivity contribution is 0.0955. The van der Waals surface area contributed by atoms with Crippen LogP contribution < -0.4 is 9.47 Å². The second kappa shape index (κ2) is 5.55. The van der Waals surface area contributed by atoms with Gasteiger partial charge >= 0.3 is 0 Å². The fourth-order valence-electron chi connectivity index (χ4n) is 2.42. The fourth-order valence-corrected chi connectivity index (χ4v) is 2.42. The summed E-state index contributed by atoms with van der Waals surface area (Å²) in [4.78, 5) is 0. The van der Waals surface area contributed by atoms with Crippen molar-refractivity contribution in [3.63, 3.8) is 0 Å². The van der Waals surface area contributed by atoms with Crippen molar-refractivity contribution in [3.05, 3.63) is 59.2 Å². The van der Waals surface area contributed by atoms with Gasteiger partial charge in [-0.15, -0.1) is 0 Å². The molecule has 3 heteroatoms. The lowest BCUT2D eigenvalue weighted by Crippen LogP contribution is -2.24. The molecule has 0 saturated heterocycles. The molecule has 0 heterocycles. The predicted molar refractivity (Wildman–Crippen MR) is 79.4 cm³/mol. The van der Waals surface area contributed by atoms with E-state index >= 15 is 0 Å². The second-order valence-electron chi connectivity index (χ2n) is 4.98. The Morgan fingerprint density at radius 1 is 0.950 bits per heavy atom. The van der Waals surface area contributed by atoms with Crippen LogP contribution in [-0.4, -0.2) is 19.3 Å². The highest BCUT2D eigenvalue weighted by atomic mass is 16.5. The first-order chi connectivity index (χ1) is 9.50. The summed E-state index contributed by atoms with van der Waals surface area (Å²) in [6.07, 6.45) is 0. The second-order valence-corrected chi connectivity index (χ2v) is 4.98. The van der Waals surface area contributed by atoms with Crippen molar-refractivity contribution >= 4 is 0 Å². The van der Waals surface area contributed by atoms with Crippen LogP contribution >= 0.6 is 0 Å². The van der Waals surface area contributed by atoms with Gasteiger partial charge in [0.2, 0.25) is 0 Å². The Bertz CT molecular complexity index is 581. The summed E-state index contributed by atoms with van der Waals surface area (Å²) >= 11 is 0. The average Bonchev–Trinajstić information content (AvgIpc) is 2.46. The van der Waals surface area contributed by atoms with E-state index in [1.165, 1.54) is 0 Å². The topological polar surface area (TPSA) is 38.7 Å². The maximum absolute atomic E-state index is 11.0. The first-order valence-corrected chi connectivity index (χ1v) is 6.51. The molecule has 2 aromatic rings. The van der Waals surface area contributed by atoms with Crippen LogP contribution in [-0.2, 0) is 5.60 Å². The summed E-state index contributed by atoms with van der Waals surface area (Å²) in [5, 5.41) is 11.0. The third kappa shape index (κ3) is 2.49. The summed E-state index contributed by atoms with van der Waals surface area (Å²) in [6, 6.07) is 13.3. The Kier molecular flexibility index (Phi) is 4.00. The van der Waals surface area contributed by atoms with E-state index in [0.29, 0.717) is 17.1 Å². The van der Waals surface area contributed by atoms with Crippen LogP contribution in [0.2, 0.25) is 0 Å².